The van der Waals surface area contributed by atoms with E-state index in [0.717, 1.165) is 30.8 Å². The summed E-state index contributed by atoms with van der Waals surface area (Å²) in [4.78, 5) is 24.0. The number of halogens is 1. The molecule has 4 rings (SSSR count). The molecule has 0 saturated carbocycles. The van der Waals surface area contributed by atoms with Gasteiger partial charge in [0.05, 0.1) is 12.0 Å². The number of benzene rings is 2. The van der Waals surface area contributed by atoms with E-state index in [1.54, 1.807) is 18.3 Å². The number of aromatic nitrogens is 2. The molecule has 1 aliphatic rings. The summed E-state index contributed by atoms with van der Waals surface area (Å²) in [5.74, 6) is 0.894. The molecule has 0 aliphatic carbocycles. The van der Waals surface area contributed by atoms with Gasteiger partial charge >= 0.3 is 0 Å². The molecule has 0 bridgehead atoms. The minimum absolute atomic E-state index is 0.0397. The highest BCUT2D eigenvalue weighted by Crippen LogP contribution is 2.25. The lowest BCUT2D eigenvalue weighted by Crippen LogP contribution is -2.44. The summed E-state index contributed by atoms with van der Waals surface area (Å²) in [5.41, 5.74) is 2.94. The number of carbonyl (C=O) groups excluding carboxylic acids is 1. The van der Waals surface area contributed by atoms with Crippen molar-refractivity contribution in [3.8, 4) is 11.4 Å². The molecule has 1 aliphatic heterocycles. The maximum absolute atomic E-state index is 13.6. The molecule has 6 heteroatoms. The van der Waals surface area contributed by atoms with E-state index in [4.69, 9.17) is 0 Å². The van der Waals surface area contributed by atoms with Crippen LogP contribution in [0.2, 0.25) is 0 Å². The topological polar surface area (TPSA) is 58.1 Å². The van der Waals surface area contributed by atoms with Gasteiger partial charge in [-0.2, -0.15) is 0 Å². The Hall–Kier alpha value is -3.28. The molecule has 1 N–H and O–H groups in total. The lowest BCUT2D eigenvalue weighted by Gasteiger charge is -2.33. The van der Waals surface area contributed by atoms with Crippen LogP contribution in [0.1, 0.15) is 36.9 Å². The second-order valence-corrected chi connectivity index (χ2v) is 8.17. The van der Waals surface area contributed by atoms with Crippen LogP contribution in [0.5, 0.6) is 0 Å². The Morgan fingerprint density at radius 1 is 1.19 bits per heavy atom. The molecule has 1 fully saturated rings. The van der Waals surface area contributed by atoms with Gasteiger partial charge < -0.3 is 10.2 Å². The van der Waals surface area contributed by atoms with E-state index in [2.05, 4.69) is 51.4 Å². The van der Waals surface area contributed by atoms with Crippen molar-refractivity contribution in [1.82, 2.24) is 15.3 Å². The van der Waals surface area contributed by atoms with Gasteiger partial charge in [-0.25, -0.2) is 14.4 Å². The first kappa shape index (κ1) is 21.0. The molecule has 31 heavy (non-hydrogen) atoms. The lowest BCUT2D eigenvalue weighted by atomic mass is 9.96. The first-order valence-corrected chi connectivity index (χ1v) is 10.7. The molecule has 160 valence electrons. The van der Waals surface area contributed by atoms with Crippen LogP contribution in [0.25, 0.3) is 11.4 Å². The zero-order chi connectivity index (χ0) is 21.8. The predicted octanol–water partition coefficient (Wildman–Crippen LogP) is 4.68. The average molecular weight is 419 g/mol. The Balaban J connectivity index is 1.44. The number of hydrogen-bond acceptors (Lipinski definition) is 4. The highest BCUT2D eigenvalue weighted by atomic mass is 19.1. The fourth-order valence-electron chi connectivity index (χ4n) is 3.96. The van der Waals surface area contributed by atoms with E-state index in [9.17, 15) is 9.18 Å². The Kier molecular flexibility index (Phi) is 6.26. The number of aryl methyl sites for hydroxylation is 1. The van der Waals surface area contributed by atoms with Gasteiger partial charge in [-0.05, 0) is 50.5 Å². The molecule has 0 unspecified atom stereocenters. The average Bonchev–Trinajstić information content (AvgIpc) is 2.79. The third-order valence-corrected chi connectivity index (χ3v) is 5.78. The van der Waals surface area contributed by atoms with Gasteiger partial charge in [0.25, 0.3) is 0 Å². The molecule has 0 radical (unpaired) electrons. The number of hydrogen-bond donors (Lipinski definition) is 1. The molecule has 1 saturated heterocycles. The Labute approximate surface area is 182 Å². The van der Waals surface area contributed by atoms with Gasteiger partial charge in [0.15, 0.2) is 5.82 Å². The van der Waals surface area contributed by atoms with Crippen molar-refractivity contribution in [1.29, 1.82) is 0 Å². The van der Waals surface area contributed by atoms with Crippen molar-refractivity contribution in [2.24, 2.45) is 5.92 Å². The Morgan fingerprint density at radius 3 is 2.77 bits per heavy atom. The molecule has 1 aromatic heterocycles. The summed E-state index contributed by atoms with van der Waals surface area (Å²) in [6, 6.07) is 16.3. The molecule has 2 atom stereocenters. The molecule has 1 amide bonds. The van der Waals surface area contributed by atoms with E-state index >= 15 is 0 Å². The summed E-state index contributed by atoms with van der Waals surface area (Å²) < 4.78 is 13.6. The van der Waals surface area contributed by atoms with Gasteiger partial charge in [-0.15, -0.1) is 0 Å². The van der Waals surface area contributed by atoms with Crippen LogP contribution < -0.4 is 10.2 Å². The lowest BCUT2D eigenvalue weighted by molar-refractivity contribution is -0.125. The van der Waals surface area contributed by atoms with E-state index in [-0.39, 0.29) is 23.7 Å². The molecule has 2 aromatic carbocycles. The number of carbonyl (C=O) groups is 1. The number of anilines is 1. The molecular weight excluding hydrogens is 391 g/mol. The van der Waals surface area contributed by atoms with Crippen LogP contribution in [-0.4, -0.2) is 29.0 Å². The predicted molar refractivity (Wildman–Crippen MR) is 120 cm³/mol. The van der Waals surface area contributed by atoms with Crippen molar-refractivity contribution in [3.05, 3.63) is 77.7 Å². The second-order valence-electron chi connectivity index (χ2n) is 8.17. The largest absolute Gasteiger partial charge is 0.356 e. The normalized spacial score (nSPS) is 17.3. The van der Waals surface area contributed by atoms with Gasteiger partial charge in [0.2, 0.25) is 5.91 Å². The van der Waals surface area contributed by atoms with Crippen LogP contribution in [0.3, 0.4) is 0 Å². The zero-order valence-corrected chi connectivity index (χ0v) is 17.9. The van der Waals surface area contributed by atoms with Gasteiger partial charge in [0, 0.05) is 24.8 Å². The Bertz CT molecular complexity index is 1050. The maximum atomic E-state index is 13.6. The molecule has 3 aromatic rings. The van der Waals surface area contributed by atoms with Gasteiger partial charge in [-0.3, -0.25) is 4.79 Å². The third kappa shape index (κ3) is 5.08. The van der Waals surface area contributed by atoms with Crippen molar-refractivity contribution in [2.75, 3.05) is 18.0 Å². The summed E-state index contributed by atoms with van der Waals surface area (Å²) in [5, 5.41) is 3.16. The van der Waals surface area contributed by atoms with Crippen LogP contribution in [-0.2, 0) is 4.79 Å². The standard InChI is InChI=1S/C25H27FN4O/c1-17-8-10-19(11-9-17)18(2)28-25(31)21-6-4-14-30(16-21)23-12-13-27-24(29-23)20-5-3-7-22(26)15-20/h3,5,7-13,15,18,21H,4,6,14,16H2,1-2H3,(H,28,31)/t18-,21+/m0/s1. The quantitative estimate of drug-likeness (QED) is 0.653. The van der Waals surface area contributed by atoms with E-state index in [0.29, 0.717) is 17.9 Å². The number of nitrogens with one attached hydrogen (secondary N) is 1. The first-order valence-electron chi connectivity index (χ1n) is 10.7. The second kappa shape index (κ2) is 9.25. The Morgan fingerprint density at radius 2 is 2.00 bits per heavy atom. The van der Waals surface area contributed by atoms with Gasteiger partial charge in [0.1, 0.15) is 11.6 Å². The van der Waals surface area contributed by atoms with E-state index in [1.165, 1.54) is 17.7 Å². The smallest absolute Gasteiger partial charge is 0.225 e. The number of nitrogens with zero attached hydrogens (tertiary/aromatic N) is 3. The maximum Gasteiger partial charge on any atom is 0.225 e. The number of amides is 1. The summed E-state index contributed by atoms with van der Waals surface area (Å²) >= 11 is 0. The third-order valence-electron chi connectivity index (χ3n) is 5.78. The van der Waals surface area contributed by atoms with Crippen LogP contribution in [0, 0.1) is 18.7 Å². The summed E-state index contributed by atoms with van der Waals surface area (Å²) in [6.45, 7) is 5.50. The highest BCUT2D eigenvalue weighted by molar-refractivity contribution is 5.80. The molecule has 5 nitrogen and oxygen atoms in total. The molecular formula is C25H27FN4O. The molecule has 2 heterocycles. The highest BCUT2D eigenvalue weighted by Gasteiger charge is 2.27. The van der Waals surface area contributed by atoms with Crippen molar-refractivity contribution >= 4 is 11.7 Å². The first-order chi connectivity index (χ1) is 15.0. The van der Waals surface area contributed by atoms with Crippen LogP contribution in [0.15, 0.2) is 60.8 Å². The van der Waals surface area contributed by atoms with E-state index < -0.39 is 0 Å². The van der Waals surface area contributed by atoms with Gasteiger partial charge in [-0.1, -0.05) is 42.0 Å². The fraction of sp³-hybridized carbons (Fsp3) is 0.320. The minimum atomic E-state index is -0.316. The number of rotatable bonds is 5. The summed E-state index contributed by atoms with van der Waals surface area (Å²) in [6.07, 6.45) is 3.45. The van der Waals surface area contributed by atoms with Crippen LogP contribution >= 0.6 is 0 Å². The minimum Gasteiger partial charge on any atom is -0.356 e. The molecule has 0 spiro atoms. The summed E-state index contributed by atoms with van der Waals surface area (Å²) in [7, 11) is 0. The van der Waals surface area contributed by atoms with Crippen molar-refractivity contribution in [2.45, 2.75) is 32.7 Å². The van der Waals surface area contributed by atoms with Crippen LogP contribution in [0.4, 0.5) is 10.2 Å². The van der Waals surface area contributed by atoms with E-state index in [1.807, 2.05) is 13.0 Å². The fourth-order valence-corrected chi connectivity index (χ4v) is 3.96. The number of piperidine rings is 1. The SMILES string of the molecule is Cc1ccc([C@H](C)NC(=O)[C@@H]2CCCN(c3ccnc(-c4cccc(F)c4)n3)C2)cc1. The van der Waals surface area contributed by atoms with Crippen molar-refractivity contribution in [3.63, 3.8) is 0 Å². The zero-order valence-electron chi connectivity index (χ0n) is 17.9. The van der Waals surface area contributed by atoms with Crippen molar-refractivity contribution < 1.29 is 9.18 Å². The monoisotopic (exact) mass is 418 g/mol.